The number of aromatic hydroxyl groups is 1. The lowest BCUT2D eigenvalue weighted by Gasteiger charge is -2.10. The zero-order valence-corrected chi connectivity index (χ0v) is 42.2. The van der Waals surface area contributed by atoms with Gasteiger partial charge in [-0.15, -0.1) is 34.0 Å². The molecule has 10 nitrogen and oxygen atoms in total. The van der Waals surface area contributed by atoms with Gasteiger partial charge in [-0.3, -0.25) is 14.4 Å². The molecule has 0 unspecified atom stereocenters. The molecule has 4 aromatic carbocycles. The highest BCUT2D eigenvalue weighted by Gasteiger charge is 2.23. The number of thiophene rings is 3. The van der Waals surface area contributed by atoms with E-state index in [1.165, 1.54) is 27.6 Å². The Morgan fingerprint density at radius 1 is 0.531 bits per heavy atom. The Labute approximate surface area is 403 Å². The van der Waals surface area contributed by atoms with Crippen LogP contribution >= 0.6 is 65.9 Å². The molecule has 3 aromatic heterocycles. The van der Waals surface area contributed by atoms with Crippen LogP contribution in [-0.2, 0) is 0 Å². The van der Waals surface area contributed by atoms with Gasteiger partial charge in [-0.2, -0.15) is 0 Å². The van der Waals surface area contributed by atoms with Crippen molar-refractivity contribution in [1.82, 2.24) is 14.7 Å². The van der Waals surface area contributed by atoms with Crippen LogP contribution in [0.5, 0.6) is 5.75 Å². The van der Waals surface area contributed by atoms with Crippen molar-refractivity contribution in [3.05, 3.63) is 182 Å². The minimum Gasteiger partial charge on any atom is -0.504 e. The molecular formula is C49H48Br2N6O4S3. The van der Waals surface area contributed by atoms with E-state index in [0.717, 1.165) is 76.2 Å². The van der Waals surface area contributed by atoms with Crippen LogP contribution in [0.4, 0.5) is 17.1 Å². The molecule has 3 heterocycles. The smallest absolute Gasteiger partial charge is 0.267 e. The van der Waals surface area contributed by atoms with Gasteiger partial charge >= 0.3 is 0 Å². The maximum absolute atomic E-state index is 12.4. The first-order chi connectivity index (χ1) is 30.5. The summed E-state index contributed by atoms with van der Waals surface area (Å²) >= 11 is 10.7. The summed E-state index contributed by atoms with van der Waals surface area (Å²) in [6.45, 7) is 3.91. The molecule has 7 rings (SSSR count). The number of benzene rings is 4. The summed E-state index contributed by atoms with van der Waals surface area (Å²) in [6.07, 6.45) is 0. The molecular weight excluding hydrogens is 993 g/mol. The molecule has 0 saturated carbocycles. The third-order valence-corrected chi connectivity index (χ3v) is 14.3. The standard InChI is InChI=1S/C21H19BrN2OS.C21H20N2OS.C7H9BrN2O2S/c1-14-17(20(22)26-19(14)21(25)24(2)3)23-18(15-10-6-4-7-11-15)16-12-8-5-9-13-16;1-15-18(14-25-20(15)21(24)23(2)3)22-19(16-10-6-4-7-11-16)17-12-8-5-9-13-17;1-10(2)7(12)5-4(11)3(9)6(8)13-5/h4-13H,1-3H3;4-14H,1-3H3;11H,9H2,1-2H3. The van der Waals surface area contributed by atoms with Crippen molar-refractivity contribution in [1.29, 1.82) is 0 Å². The molecule has 0 radical (unpaired) electrons. The lowest BCUT2D eigenvalue weighted by atomic mass is 10.0. The SMILES string of the molecule is CN(C)C(=O)c1sc(Br)c(N)c1O.Cc1c(C(=O)N(C)C)sc(Br)c1N=C(c1ccccc1)c1ccccc1.Cc1c(N=C(c2ccccc2)c2ccccc2)csc1C(=O)N(C)C. The topological polar surface area (TPSA) is 132 Å². The highest BCUT2D eigenvalue weighted by Crippen LogP contribution is 2.42. The molecule has 15 heteroatoms. The molecule has 0 spiro atoms. The summed E-state index contributed by atoms with van der Waals surface area (Å²) in [4.78, 5) is 52.3. The number of nitrogens with zero attached hydrogens (tertiary/aromatic N) is 5. The quantitative estimate of drug-likeness (QED) is 0.139. The van der Waals surface area contributed by atoms with Gasteiger partial charge in [0.2, 0.25) is 0 Å². The first-order valence-corrected chi connectivity index (χ1v) is 23.8. The molecule has 7 aromatic rings. The molecule has 0 aliphatic heterocycles. The second-order valence-corrected chi connectivity index (χ2v) is 20.3. The molecule has 0 aliphatic carbocycles. The minimum atomic E-state index is -0.250. The van der Waals surface area contributed by atoms with Crippen molar-refractivity contribution in [2.24, 2.45) is 9.98 Å². The zero-order chi connectivity index (χ0) is 46.7. The van der Waals surface area contributed by atoms with Gasteiger partial charge in [-0.05, 0) is 56.8 Å². The highest BCUT2D eigenvalue weighted by molar-refractivity contribution is 9.11. The van der Waals surface area contributed by atoms with Gasteiger partial charge in [-0.25, -0.2) is 9.98 Å². The molecule has 0 saturated heterocycles. The Bertz CT molecular complexity index is 2680. The van der Waals surface area contributed by atoms with Gasteiger partial charge in [0.05, 0.1) is 40.1 Å². The predicted molar refractivity (Wildman–Crippen MR) is 274 cm³/mol. The van der Waals surface area contributed by atoms with E-state index >= 15 is 0 Å². The summed E-state index contributed by atoms with van der Waals surface area (Å²) in [5, 5.41) is 11.4. The normalized spacial score (nSPS) is 10.3. The van der Waals surface area contributed by atoms with Crippen molar-refractivity contribution in [2.45, 2.75) is 13.8 Å². The third kappa shape index (κ3) is 12.1. The summed E-state index contributed by atoms with van der Waals surface area (Å²) in [5.41, 5.74) is 15.2. The number of anilines is 1. The number of carbonyl (C=O) groups is 3. The Kier molecular flexibility index (Phi) is 17.5. The molecule has 0 atom stereocenters. The van der Waals surface area contributed by atoms with E-state index in [4.69, 9.17) is 15.7 Å². The molecule has 0 fully saturated rings. The van der Waals surface area contributed by atoms with E-state index in [0.29, 0.717) is 8.66 Å². The van der Waals surface area contributed by atoms with Crippen LogP contribution in [0.2, 0.25) is 0 Å². The van der Waals surface area contributed by atoms with Gasteiger partial charge in [0.25, 0.3) is 17.7 Å². The number of rotatable bonds is 9. The number of amides is 3. The Balaban J connectivity index is 0.000000191. The predicted octanol–water partition coefficient (Wildman–Crippen LogP) is 12.1. The van der Waals surface area contributed by atoms with E-state index in [-0.39, 0.29) is 34.0 Å². The molecule has 64 heavy (non-hydrogen) atoms. The van der Waals surface area contributed by atoms with Crippen molar-refractivity contribution in [3.63, 3.8) is 0 Å². The van der Waals surface area contributed by atoms with E-state index in [1.54, 1.807) is 52.1 Å². The van der Waals surface area contributed by atoms with E-state index < -0.39 is 0 Å². The lowest BCUT2D eigenvalue weighted by molar-refractivity contribution is 0.0822. The number of aliphatic imine (C=N–C) groups is 2. The van der Waals surface area contributed by atoms with E-state index in [1.807, 2.05) is 116 Å². The van der Waals surface area contributed by atoms with E-state index in [2.05, 4.69) is 56.1 Å². The van der Waals surface area contributed by atoms with Crippen LogP contribution < -0.4 is 5.73 Å². The minimum absolute atomic E-state index is 0.00405. The third-order valence-electron chi connectivity index (χ3n) is 9.41. The number of nitrogen functional groups attached to an aromatic ring is 1. The summed E-state index contributed by atoms with van der Waals surface area (Å²) < 4.78 is 1.44. The first kappa shape index (κ1) is 49.3. The van der Waals surface area contributed by atoms with Gasteiger partial charge in [-0.1, -0.05) is 121 Å². The van der Waals surface area contributed by atoms with Gasteiger partial charge in [0, 0.05) is 69.9 Å². The van der Waals surface area contributed by atoms with Crippen LogP contribution in [0.25, 0.3) is 0 Å². The number of hydrogen-bond donors (Lipinski definition) is 2. The van der Waals surface area contributed by atoms with Gasteiger partial charge in [0.15, 0.2) is 5.75 Å². The Morgan fingerprint density at radius 3 is 1.27 bits per heavy atom. The van der Waals surface area contributed by atoms with Crippen molar-refractivity contribution in [3.8, 4) is 5.75 Å². The maximum Gasteiger partial charge on any atom is 0.267 e. The zero-order valence-electron chi connectivity index (χ0n) is 36.6. The Morgan fingerprint density at radius 2 is 0.891 bits per heavy atom. The van der Waals surface area contributed by atoms with E-state index in [9.17, 15) is 19.5 Å². The first-order valence-electron chi connectivity index (χ1n) is 19.7. The van der Waals surface area contributed by atoms with Crippen LogP contribution in [0.1, 0.15) is 62.4 Å². The summed E-state index contributed by atoms with van der Waals surface area (Å²) in [5.74, 6) is -0.379. The number of hydrogen-bond acceptors (Lipinski definition) is 10. The molecule has 0 aliphatic rings. The van der Waals surface area contributed by atoms with Crippen LogP contribution in [0.3, 0.4) is 0 Å². The summed E-state index contributed by atoms with van der Waals surface area (Å²) in [7, 11) is 10.3. The monoisotopic (exact) mass is 1040 g/mol. The van der Waals surface area contributed by atoms with Crippen molar-refractivity contribution >= 4 is 112 Å². The fourth-order valence-electron chi connectivity index (χ4n) is 5.90. The molecule has 3 N–H and O–H groups in total. The lowest BCUT2D eigenvalue weighted by Crippen LogP contribution is -2.21. The van der Waals surface area contributed by atoms with Crippen LogP contribution in [-0.4, -0.2) is 91.2 Å². The fraction of sp³-hybridized carbons (Fsp3) is 0.163. The second-order valence-electron chi connectivity index (χ2n) is 14.7. The highest BCUT2D eigenvalue weighted by atomic mass is 79.9. The number of carbonyl (C=O) groups excluding carboxylic acids is 3. The van der Waals surface area contributed by atoms with Gasteiger partial charge < -0.3 is 25.5 Å². The number of nitrogens with two attached hydrogens (primary N) is 1. The maximum atomic E-state index is 12.4. The Hall–Kier alpha value is -5.71. The van der Waals surface area contributed by atoms with Crippen LogP contribution in [0, 0.1) is 13.8 Å². The largest absolute Gasteiger partial charge is 0.504 e. The van der Waals surface area contributed by atoms with Crippen molar-refractivity contribution < 1.29 is 19.5 Å². The average Bonchev–Trinajstić information content (AvgIpc) is 3.90. The molecule has 0 bridgehead atoms. The van der Waals surface area contributed by atoms with Crippen molar-refractivity contribution in [2.75, 3.05) is 48.0 Å². The molecule has 330 valence electrons. The molecule has 3 amide bonds. The second kappa shape index (κ2) is 22.8. The summed E-state index contributed by atoms with van der Waals surface area (Å²) in [6, 6.07) is 40.4. The average molecular weight is 1040 g/mol. The fourth-order valence-corrected chi connectivity index (χ4v) is 10.3. The van der Waals surface area contributed by atoms with Crippen LogP contribution in [0.15, 0.2) is 144 Å². The number of halogens is 2. The van der Waals surface area contributed by atoms with Gasteiger partial charge in [0.1, 0.15) is 10.6 Å².